The molecule has 0 spiro atoms. The summed E-state index contributed by atoms with van der Waals surface area (Å²) in [6.07, 6.45) is 1.42. The SMILES string of the molecule is COCCCCC(CNC(=O)OC(C)(C)C)(C(=O)O)C(C)C. The first-order chi connectivity index (χ1) is 10.0. The van der Waals surface area contributed by atoms with Gasteiger partial charge in [0, 0.05) is 20.3 Å². The van der Waals surface area contributed by atoms with E-state index in [1.165, 1.54) is 0 Å². The number of rotatable bonds is 9. The maximum atomic E-state index is 11.8. The molecule has 0 aliphatic heterocycles. The summed E-state index contributed by atoms with van der Waals surface area (Å²) < 4.78 is 10.2. The molecule has 0 saturated heterocycles. The third-order valence-corrected chi connectivity index (χ3v) is 3.70. The summed E-state index contributed by atoms with van der Waals surface area (Å²) >= 11 is 0. The van der Waals surface area contributed by atoms with Crippen LogP contribution in [0, 0.1) is 11.3 Å². The Labute approximate surface area is 133 Å². The predicted molar refractivity (Wildman–Crippen MR) is 84.9 cm³/mol. The van der Waals surface area contributed by atoms with E-state index in [1.807, 2.05) is 13.8 Å². The number of amides is 1. The number of nitrogens with one attached hydrogen (secondary N) is 1. The monoisotopic (exact) mass is 317 g/mol. The van der Waals surface area contributed by atoms with Gasteiger partial charge in [-0.2, -0.15) is 0 Å². The molecule has 0 aromatic carbocycles. The molecule has 0 aromatic rings. The molecule has 0 aromatic heterocycles. The van der Waals surface area contributed by atoms with Crippen molar-refractivity contribution in [1.82, 2.24) is 5.32 Å². The van der Waals surface area contributed by atoms with Gasteiger partial charge >= 0.3 is 12.1 Å². The van der Waals surface area contributed by atoms with Gasteiger partial charge in [0.2, 0.25) is 0 Å². The fraction of sp³-hybridized carbons (Fsp3) is 0.875. The summed E-state index contributed by atoms with van der Waals surface area (Å²) in [4.78, 5) is 23.6. The van der Waals surface area contributed by atoms with E-state index in [0.717, 1.165) is 12.8 Å². The molecule has 0 aliphatic rings. The topological polar surface area (TPSA) is 84.9 Å². The number of hydrogen-bond acceptors (Lipinski definition) is 4. The van der Waals surface area contributed by atoms with Crippen LogP contribution < -0.4 is 5.32 Å². The fourth-order valence-corrected chi connectivity index (χ4v) is 2.24. The lowest BCUT2D eigenvalue weighted by Gasteiger charge is -2.34. The number of ether oxygens (including phenoxy) is 2. The molecule has 1 unspecified atom stereocenters. The average molecular weight is 317 g/mol. The first kappa shape index (κ1) is 20.7. The Balaban J connectivity index is 4.78. The molecule has 0 bridgehead atoms. The van der Waals surface area contributed by atoms with Crippen LogP contribution in [0.2, 0.25) is 0 Å². The van der Waals surface area contributed by atoms with Crippen molar-refractivity contribution >= 4 is 12.1 Å². The van der Waals surface area contributed by atoms with Gasteiger partial charge in [0.15, 0.2) is 0 Å². The minimum absolute atomic E-state index is 0.0574. The predicted octanol–water partition coefficient (Wildman–Crippen LogP) is 3.05. The standard InChI is InChI=1S/C16H31NO5/c1-12(2)16(13(18)19,9-7-8-10-21-6)11-17-14(20)22-15(3,4)5/h12H,7-11H2,1-6H3,(H,17,20)(H,18,19). The smallest absolute Gasteiger partial charge is 0.407 e. The highest BCUT2D eigenvalue weighted by Gasteiger charge is 2.41. The Morgan fingerprint density at radius 3 is 2.18 bits per heavy atom. The molecule has 6 heteroatoms. The van der Waals surface area contributed by atoms with Crippen LogP contribution in [0.15, 0.2) is 0 Å². The molecule has 0 radical (unpaired) electrons. The van der Waals surface area contributed by atoms with Crippen LogP contribution >= 0.6 is 0 Å². The summed E-state index contributed by atoms with van der Waals surface area (Å²) in [5.41, 5.74) is -1.60. The first-order valence-corrected chi connectivity index (χ1v) is 7.74. The molecular formula is C16H31NO5. The zero-order chi connectivity index (χ0) is 17.4. The van der Waals surface area contributed by atoms with Gasteiger partial charge in [0.05, 0.1) is 5.41 Å². The summed E-state index contributed by atoms with van der Waals surface area (Å²) in [7, 11) is 1.62. The number of carbonyl (C=O) groups is 2. The maximum absolute atomic E-state index is 11.8. The van der Waals surface area contributed by atoms with Crippen LogP contribution in [-0.4, -0.2) is 43.0 Å². The van der Waals surface area contributed by atoms with Crippen LogP contribution in [0.1, 0.15) is 53.9 Å². The van der Waals surface area contributed by atoms with Crippen LogP contribution in [0.4, 0.5) is 4.79 Å². The molecule has 130 valence electrons. The Bertz CT molecular complexity index is 362. The lowest BCUT2D eigenvalue weighted by atomic mass is 9.73. The number of carboxylic acid groups (broad SMARTS) is 1. The Hall–Kier alpha value is -1.30. The van der Waals surface area contributed by atoms with Crippen molar-refractivity contribution in [3.05, 3.63) is 0 Å². The largest absolute Gasteiger partial charge is 0.481 e. The van der Waals surface area contributed by atoms with Crippen molar-refractivity contribution in [2.45, 2.75) is 59.5 Å². The zero-order valence-corrected chi connectivity index (χ0v) is 14.7. The number of carboxylic acids is 1. The Morgan fingerprint density at radius 2 is 1.77 bits per heavy atom. The fourth-order valence-electron chi connectivity index (χ4n) is 2.24. The van der Waals surface area contributed by atoms with Crippen molar-refractivity contribution in [3.8, 4) is 0 Å². The second-order valence-corrected chi connectivity index (χ2v) is 6.92. The zero-order valence-electron chi connectivity index (χ0n) is 14.7. The second kappa shape index (κ2) is 8.98. The van der Waals surface area contributed by atoms with Crippen molar-refractivity contribution in [1.29, 1.82) is 0 Å². The van der Waals surface area contributed by atoms with Gasteiger partial charge in [-0.1, -0.05) is 13.8 Å². The number of aliphatic carboxylic acids is 1. The lowest BCUT2D eigenvalue weighted by Crippen LogP contribution is -2.47. The second-order valence-electron chi connectivity index (χ2n) is 6.92. The third kappa shape index (κ3) is 7.11. The molecular weight excluding hydrogens is 286 g/mol. The van der Waals surface area contributed by atoms with Crippen molar-refractivity contribution in [2.75, 3.05) is 20.3 Å². The molecule has 1 atom stereocenters. The minimum Gasteiger partial charge on any atom is -0.481 e. The quantitative estimate of drug-likeness (QED) is 0.638. The van der Waals surface area contributed by atoms with E-state index in [-0.39, 0.29) is 12.5 Å². The average Bonchev–Trinajstić information content (AvgIpc) is 2.35. The van der Waals surface area contributed by atoms with Gasteiger partial charge in [-0.3, -0.25) is 4.79 Å². The van der Waals surface area contributed by atoms with E-state index < -0.39 is 23.1 Å². The lowest BCUT2D eigenvalue weighted by molar-refractivity contribution is -0.152. The molecule has 0 heterocycles. The van der Waals surface area contributed by atoms with Gasteiger partial charge in [-0.15, -0.1) is 0 Å². The van der Waals surface area contributed by atoms with Gasteiger partial charge in [0.1, 0.15) is 5.60 Å². The maximum Gasteiger partial charge on any atom is 0.407 e. The highest BCUT2D eigenvalue weighted by molar-refractivity contribution is 5.76. The van der Waals surface area contributed by atoms with Crippen LogP contribution in [0.3, 0.4) is 0 Å². The highest BCUT2D eigenvalue weighted by atomic mass is 16.6. The van der Waals surface area contributed by atoms with E-state index in [0.29, 0.717) is 13.0 Å². The molecule has 0 aliphatic carbocycles. The van der Waals surface area contributed by atoms with Gasteiger partial charge in [-0.25, -0.2) is 4.79 Å². The number of unbranched alkanes of at least 4 members (excludes halogenated alkanes) is 1. The first-order valence-electron chi connectivity index (χ1n) is 7.74. The molecule has 0 saturated carbocycles. The van der Waals surface area contributed by atoms with Crippen molar-refractivity contribution in [2.24, 2.45) is 11.3 Å². The molecule has 0 fully saturated rings. The van der Waals surface area contributed by atoms with Gasteiger partial charge in [-0.05, 0) is 46.0 Å². The van der Waals surface area contributed by atoms with E-state index >= 15 is 0 Å². The van der Waals surface area contributed by atoms with E-state index in [2.05, 4.69) is 5.32 Å². The van der Waals surface area contributed by atoms with E-state index in [1.54, 1.807) is 27.9 Å². The van der Waals surface area contributed by atoms with Crippen LogP contribution in [0.5, 0.6) is 0 Å². The normalized spacial score (nSPS) is 14.5. The Morgan fingerprint density at radius 1 is 1.18 bits per heavy atom. The van der Waals surface area contributed by atoms with Gasteiger partial charge < -0.3 is 19.9 Å². The summed E-state index contributed by atoms with van der Waals surface area (Å²) in [5, 5.41) is 12.3. The third-order valence-electron chi connectivity index (χ3n) is 3.70. The molecule has 2 N–H and O–H groups in total. The highest BCUT2D eigenvalue weighted by Crippen LogP contribution is 2.33. The van der Waals surface area contributed by atoms with Crippen molar-refractivity contribution < 1.29 is 24.2 Å². The summed E-state index contributed by atoms with van der Waals surface area (Å²) in [5.74, 6) is -1.00. The number of carbonyl (C=O) groups excluding carboxylic acids is 1. The van der Waals surface area contributed by atoms with E-state index in [9.17, 15) is 14.7 Å². The summed E-state index contributed by atoms with van der Waals surface area (Å²) in [6, 6.07) is 0. The molecule has 1 amide bonds. The molecule has 6 nitrogen and oxygen atoms in total. The van der Waals surface area contributed by atoms with Crippen molar-refractivity contribution in [3.63, 3.8) is 0 Å². The number of alkyl carbamates (subject to hydrolysis) is 1. The molecule has 0 rings (SSSR count). The number of methoxy groups -OCH3 is 1. The number of hydrogen-bond donors (Lipinski definition) is 2. The summed E-state index contributed by atoms with van der Waals surface area (Å²) in [6.45, 7) is 9.69. The minimum atomic E-state index is -0.995. The molecule has 22 heavy (non-hydrogen) atoms. The van der Waals surface area contributed by atoms with Crippen LogP contribution in [0.25, 0.3) is 0 Å². The van der Waals surface area contributed by atoms with Crippen LogP contribution in [-0.2, 0) is 14.3 Å². The van der Waals surface area contributed by atoms with Gasteiger partial charge in [0.25, 0.3) is 0 Å². The Kier molecular flexibility index (Phi) is 8.45. The van der Waals surface area contributed by atoms with E-state index in [4.69, 9.17) is 9.47 Å².